The second kappa shape index (κ2) is 5.44. The van der Waals surface area contributed by atoms with Gasteiger partial charge in [0.15, 0.2) is 17.6 Å². The molecule has 0 saturated carbocycles. The lowest BCUT2D eigenvalue weighted by Crippen LogP contribution is -2.29. The number of hydrogen-bond acceptors (Lipinski definition) is 4. The van der Waals surface area contributed by atoms with Crippen LogP contribution in [0.1, 0.15) is 12.0 Å². The fourth-order valence-electron chi connectivity index (χ4n) is 1.97. The maximum absolute atomic E-state index is 11.8. The molecule has 1 aliphatic heterocycles. The zero-order chi connectivity index (χ0) is 14.0. The molecular weight excluding hydrogens is 264 g/mol. The molecule has 1 fully saturated rings. The lowest BCUT2D eigenvalue weighted by Gasteiger charge is -2.16. The number of carbonyl (C=O) groups excluding carboxylic acids is 1. The topological polar surface area (TPSA) is 64.8 Å². The number of likely N-dealkylation sites (tertiary alicyclic amines) is 1. The summed E-state index contributed by atoms with van der Waals surface area (Å²) >= 11 is 4.91. The molecule has 1 amide bonds. The van der Waals surface area contributed by atoms with Crippen LogP contribution < -0.4 is 15.2 Å². The Kier molecular flexibility index (Phi) is 3.90. The highest BCUT2D eigenvalue weighted by Crippen LogP contribution is 2.30. The first-order valence-corrected chi connectivity index (χ1v) is 6.33. The van der Waals surface area contributed by atoms with Gasteiger partial charge in [-0.25, -0.2) is 0 Å². The van der Waals surface area contributed by atoms with Gasteiger partial charge >= 0.3 is 0 Å². The minimum Gasteiger partial charge on any atom is -0.493 e. The van der Waals surface area contributed by atoms with E-state index >= 15 is 0 Å². The number of carbonyl (C=O) groups is 1. The van der Waals surface area contributed by atoms with Crippen LogP contribution in [0.5, 0.6) is 11.5 Å². The third-order valence-corrected chi connectivity index (χ3v) is 3.33. The molecule has 2 N–H and O–H groups in total. The van der Waals surface area contributed by atoms with E-state index in [1.165, 1.54) is 7.11 Å². The van der Waals surface area contributed by atoms with E-state index in [1.807, 2.05) is 0 Å². The number of amides is 1. The maximum Gasteiger partial charge on any atom is 0.263 e. The van der Waals surface area contributed by atoms with Gasteiger partial charge in [-0.05, 0) is 18.2 Å². The van der Waals surface area contributed by atoms with Gasteiger partial charge in [-0.15, -0.1) is 0 Å². The summed E-state index contributed by atoms with van der Waals surface area (Å²) in [6, 6.07) is 5.18. The number of methoxy groups -OCH3 is 1. The molecule has 1 aliphatic rings. The van der Waals surface area contributed by atoms with Crippen LogP contribution in [0.2, 0.25) is 0 Å². The van der Waals surface area contributed by atoms with Gasteiger partial charge < -0.3 is 20.1 Å². The third kappa shape index (κ3) is 2.78. The lowest BCUT2D eigenvalue weighted by molar-refractivity contribution is -0.132. The van der Waals surface area contributed by atoms with Gasteiger partial charge in [-0.2, -0.15) is 0 Å². The molecule has 0 bridgehead atoms. The Morgan fingerprint density at radius 3 is 2.74 bits per heavy atom. The van der Waals surface area contributed by atoms with Crippen molar-refractivity contribution in [3.8, 4) is 11.5 Å². The predicted molar refractivity (Wildman–Crippen MR) is 75.6 cm³/mol. The summed E-state index contributed by atoms with van der Waals surface area (Å²) in [5.41, 5.74) is 6.27. The van der Waals surface area contributed by atoms with Crippen LogP contribution in [0.15, 0.2) is 18.2 Å². The van der Waals surface area contributed by atoms with Gasteiger partial charge in [0.05, 0.1) is 7.11 Å². The largest absolute Gasteiger partial charge is 0.493 e. The Morgan fingerprint density at radius 1 is 1.47 bits per heavy atom. The van der Waals surface area contributed by atoms with Crippen LogP contribution in [-0.2, 0) is 4.79 Å². The van der Waals surface area contributed by atoms with Crippen molar-refractivity contribution < 1.29 is 14.3 Å². The molecule has 1 aromatic carbocycles. The van der Waals surface area contributed by atoms with Crippen LogP contribution >= 0.6 is 12.2 Å². The van der Waals surface area contributed by atoms with Gasteiger partial charge in [0.1, 0.15) is 4.99 Å². The molecular formula is C13H16N2O3S. The quantitative estimate of drug-likeness (QED) is 0.832. The van der Waals surface area contributed by atoms with Gasteiger partial charge in [0.25, 0.3) is 5.91 Å². The summed E-state index contributed by atoms with van der Waals surface area (Å²) < 4.78 is 11.0. The molecule has 6 heteroatoms. The molecule has 1 heterocycles. The summed E-state index contributed by atoms with van der Waals surface area (Å²) in [6.45, 7) is 0.705. The molecule has 2 rings (SSSR count). The van der Waals surface area contributed by atoms with Crippen molar-refractivity contribution in [3.63, 3.8) is 0 Å². The lowest BCUT2D eigenvalue weighted by atomic mass is 10.2. The molecule has 102 valence electrons. The number of nitrogens with two attached hydrogens (primary N) is 1. The monoisotopic (exact) mass is 280 g/mol. The molecule has 1 aromatic rings. The zero-order valence-corrected chi connectivity index (χ0v) is 11.7. The highest BCUT2D eigenvalue weighted by Gasteiger charge is 2.31. The normalized spacial score (nSPS) is 18.5. The first-order valence-electron chi connectivity index (χ1n) is 5.92. The third-order valence-electron chi connectivity index (χ3n) is 3.10. The molecule has 0 aromatic heterocycles. The van der Waals surface area contributed by atoms with E-state index in [9.17, 15) is 4.79 Å². The Hall–Kier alpha value is -1.82. The Morgan fingerprint density at radius 2 is 2.21 bits per heavy atom. The van der Waals surface area contributed by atoms with Gasteiger partial charge in [0, 0.05) is 25.6 Å². The first kappa shape index (κ1) is 13.6. The van der Waals surface area contributed by atoms with Gasteiger partial charge in [-0.3, -0.25) is 4.79 Å². The first-order chi connectivity index (χ1) is 9.02. The molecule has 5 nitrogen and oxygen atoms in total. The van der Waals surface area contributed by atoms with Gasteiger partial charge in [-0.1, -0.05) is 12.2 Å². The fraction of sp³-hybridized carbons (Fsp3) is 0.385. The van der Waals surface area contributed by atoms with Crippen LogP contribution in [0.4, 0.5) is 0 Å². The van der Waals surface area contributed by atoms with Crippen LogP contribution in [-0.4, -0.2) is 42.6 Å². The standard InChI is InChI=1S/C13H16N2O3S/c1-15-6-5-10(13(15)16)18-9-4-3-8(12(14)19)7-11(9)17-2/h3-4,7,10H,5-6H2,1-2H3,(H2,14,19). The van der Waals surface area contributed by atoms with Crippen molar-refractivity contribution >= 4 is 23.1 Å². The van der Waals surface area contributed by atoms with E-state index in [2.05, 4.69) is 0 Å². The fourth-order valence-corrected chi connectivity index (χ4v) is 2.10. The second-order valence-electron chi connectivity index (χ2n) is 4.38. The van der Waals surface area contributed by atoms with E-state index in [0.29, 0.717) is 35.0 Å². The average molecular weight is 280 g/mol. The van der Waals surface area contributed by atoms with Crippen molar-refractivity contribution in [2.24, 2.45) is 5.73 Å². The summed E-state index contributed by atoms with van der Waals surface area (Å²) in [5, 5.41) is 0. The number of likely N-dealkylation sites (N-methyl/N-ethyl adjacent to an activating group) is 1. The van der Waals surface area contributed by atoms with Gasteiger partial charge in [0.2, 0.25) is 0 Å². The molecule has 1 unspecified atom stereocenters. The van der Waals surface area contributed by atoms with Crippen LogP contribution in [0, 0.1) is 0 Å². The van der Waals surface area contributed by atoms with Crippen LogP contribution in [0.3, 0.4) is 0 Å². The number of benzene rings is 1. The highest BCUT2D eigenvalue weighted by molar-refractivity contribution is 7.80. The number of nitrogens with zero attached hydrogens (tertiary/aromatic N) is 1. The van der Waals surface area contributed by atoms with E-state index in [0.717, 1.165) is 0 Å². The minimum atomic E-state index is -0.449. The zero-order valence-electron chi connectivity index (χ0n) is 10.9. The molecule has 0 spiro atoms. The number of thiocarbonyl (C=S) groups is 1. The predicted octanol–water partition coefficient (Wildman–Crippen LogP) is 0.939. The Bertz CT molecular complexity index is 519. The highest BCUT2D eigenvalue weighted by atomic mass is 32.1. The van der Waals surface area contributed by atoms with Crippen molar-refractivity contribution in [1.29, 1.82) is 0 Å². The van der Waals surface area contributed by atoms with Crippen molar-refractivity contribution in [2.75, 3.05) is 20.7 Å². The Balaban J connectivity index is 2.21. The van der Waals surface area contributed by atoms with Crippen molar-refractivity contribution in [2.45, 2.75) is 12.5 Å². The maximum atomic E-state index is 11.8. The Labute approximate surface area is 117 Å². The van der Waals surface area contributed by atoms with E-state index in [1.54, 1.807) is 30.1 Å². The van der Waals surface area contributed by atoms with Crippen molar-refractivity contribution in [1.82, 2.24) is 4.90 Å². The summed E-state index contributed by atoms with van der Waals surface area (Å²) in [6.07, 6.45) is 0.227. The second-order valence-corrected chi connectivity index (χ2v) is 4.82. The van der Waals surface area contributed by atoms with E-state index in [4.69, 9.17) is 27.4 Å². The molecule has 1 saturated heterocycles. The van der Waals surface area contributed by atoms with Crippen LogP contribution in [0.25, 0.3) is 0 Å². The molecule has 19 heavy (non-hydrogen) atoms. The van der Waals surface area contributed by atoms with Crippen molar-refractivity contribution in [3.05, 3.63) is 23.8 Å². The number of hydrogen-bond donors (Lipinski definition) is 1. The molecule has 0 radical (unpaired) electrons. The summed E-state index contributed by atoms with van der Waals surface area (Å²) in [4.78, 5) is 13.8. The average Bonchev–Trinajstić information content (AvgIpc) is 2.71. The molecule has 0 aliphatic carbocycles. The summed E-state index contributed by atoms with van der Waals surface area (Å²) in [5.74, 6) is 1.03. The minimum absolute atomic E-state index is 0.0134. The SMILES string of the molecule is COc1cc(C(N)=S)ccc1OC1CCN(C)C1=O. The van der Waals surface area contributed by atoms with E-state index in [-0.39, 0.29) is 5.91 Å². The molecule has 1 atom stereocenters. The number of ether oxygens (including phenoxy) is 2. The summed E-state index contributed by atoms with van der Waals surface area (Å²) in [7, 11) is 3.30. The smallest absolute Gasteiger partial charge is 0.263 e. The number of rotatable bonds is 4. The van der Waals surface area contributed by atoms with E-state index < -0.39 is 6.10 Å².